The van der Waals surface area contributed by atoms with Crippen LogP contribution < -0.4 is 0 Å². The fraction of sp³-hybridized carbons (Fsp3) is 0.462. The van der Waals surface area contributed by atoms with Gasteiger partial charge in [0.15, 0.2) is 6.10 Å². The van der Waals surface area contributed by atoms with Crippen LogP contribution in [0.5, 0.6) is 0 Å². The van der Waals surface area contributed by atoms with E-state index in [1.807, 2.05) is 0 Å². The Balaban J connectivity index is 1.86. The van der Waals surface area contributed by atoms with Gasteiger partial charge in [-0.1, -0.05) is 6.07 Å². The van der Waals surface area contributed by atoms with Gasteiger partial charge < -0.3 is 29.6 Å². The van der Waals surface area contributed by atoms with Gasteiger partial charge in [-0.15, -0.1) is 10.2 Å². The first-order valence-electron chi connectivity index (χ1n) is 6.67. The van der Waals surface area contributed by atoms with Crippen molar-refractivity contribution in [3.63, 3.8) is 0 Å². The average molecular weight is 309 g/mol. The van der Waals surface area contributed by atoms with Crippen LogP contribution in [0.1, 0.15) is 12.0 Å². The Morgan fingerprint density at radius 3 is 2.55 bits per heavy atom. The number of pyridine rings is 1. The van der Waals surface area contributed by atoms with Crippen molar-refractivity contribution in [3.8, 4) is 11.6 Å². The molecule has 1 aliphatic heterocycles. The van der Waals surface area contributed by atoms with Crippen molar-refractivity contribution in [2.75, 3.05) is 6.61 Å². The molecular formula is C13H15N3O6. The number of aromatic nitrogens is 3. The minimum Gasteiger partial charge on any atom is -0.416 e. The van der Waals surface area contributed by atoms with Gasteiger partial charge in [0.2, 0.25) is 5.89 Å². The molecule has 0 aromatic carbocycles. The predicted molar refractivity (Wildman–Crippen MR) is 70.2 cm³/mol. The van der Waals surface area contributed by atoms with Crippen molar-refractivity contribution in [2.45, 2.75) is 30.5 Å². The van der Waals surface area contributed by atoms with E-state index in [1.54, 1.807) is 24.4 Å². The van der Waals surface area contributed by atoms with Gasteiger partial charge in [-0.3, -0.25) is 4.98 Å². The lowest BCUT2D eigenvalue weighted by atomic mass is 9.95. The summed E-state index contributed by atoms with van der Waals surface area (Å²) in [6, 6.07) is 5.16. The van der Waals surface area contributed by atoms with Gasteiger partial charge in [0.25, 0.3) is 5.89 Å². The lowest BCUT2D eigenvalue weighted by molar-refractivity contribution is -0.236. The minimum atomic E-state index is -1.50. The van der Waals surface area contributed by atoms with E-state index in [-0.39, 0.29) is 11.8 Å². The molecule has 1 saturated heterocycles. The zero-order valence-electron chi connectivity index (χ0n) is 11.4. The topological polar surface area (TPSA) is 142 Å². The smallest absolute Gasteiger partial charge is 0.266 e. The molecule has 0 spiro atoms. The fourth-order valence-corrected chi connectivity index (χ4v) is 2.25. The molecule has 118 valence electrons. The van der Waals surface area contributed by atoms with Crippen molar-refractivity contribution < 1.29 is 29.6 Å². The van der Waals surface area contributed by atoms with E-state index < -0.39 is 37.1 Å². The van der Waals surface area contributed by atoms with Crippen molar-refractivity contribution in [3.05, 3.63) is 30.3 Å². The molecule has 0 aliphatic carbocycles. The summed E-state index contributed by atoms with van der Waals surface area (Å²) in [7, 11) is 0. The van der Waals surface area contributed by atoms with Crippen LogP contribution in [0, 0.1) is 0 Å². The van der Waals surface area contributed by atoms with Gasteiger partial charge in [0.05, 0.1) is 6.61 Å². The summed E-state index contributed by atoms with van der Waals surface area (Å²) in [5.74, 6) is 0.0603. The van der Waals surface area contributed by atoms with Crippen LogP contribution in [0.2, 0.25) is 0 Å². The highest BCUT2D eigenvalue weighted by atomic mass is 16.6. The largest absolute Gasteiger partial charge is 0.416 e. The molecule has 22 heavy (non-hydrogen) atoms. The maximum atomic E-state index is 9.99. The summed E-state index contributed by atoms with van der Waals surface area (Å²) in [4.78, 5) is 4.06. The van der Waals surface area contributed by atoms with Crippen molar-refractivity contribution in [1.29, 1.82) is 0 Å². The Hall–Kier alpha value is -1.91. The van der Waals surface area contributed by atoms with Gasteiger partial charge in [-0.25, -0.2) is 0 Å². The highest BCUT2D eigenvalue weighted by Crippen LogP contribution is 2.32. The first-order valence-corrected chi connectivity index (χ1v) is 6.67. The summed E-state index contributed by atoms with van der Waals surface area (Å²) >= 11 is 0. The number of ether oxygens (including phenoxy) is 1. The van der Waals surface area contributed by atoms with E-state index >= 15 is 0 Å². The van der Waals surface area contributed by atoms with Crippen LogP contribution in [0.3, 0.4) is 0 Å². The highest BCUT2D eigenvalue weighted by molar-refractivity contribution is 5.44. The molecule has 2 aromatic rings. The van der Waals surface area contributed by atoms with Crippen LogP contribution >= 0.6 is 0 Å². The molecule has 1 aliphatic rings. The normalized spacial score (nSPS) is 32.1. The average Bonchev–Trinajstić information content (AvgIpc) is 3.04. The molecule has 2 aromatic heterocycles. The third kappa shape index (κ3) is 2.60. The highest BCUT2D eigenvalue weighted by Gasteiger charge is 2.46. The third-order valence-electron chi connectivity index (χ3n) is 3.46. The molecule has 3 rings (SSSR count). The maximum Gasteiger partial charge on any atom is 0.266 e. The lowest BCUT2D eigenvalue weighted by Gasteiger charge is -2.38. The van der Waals surface area contributed by atoms with Crippen LogP contribution in [-0.4, -0.2) is 66.6 Å². The van der Waals surface area contributed by atoms with Crippen molar-refractivity contribution in [1.82, 2.24) is 15.2 Å². The Morgan fingerprint density at radius 2 is 1.86 bits per heavy atom. The summed E-state index contributed by atoms with van der Waals surface area (Å²) in [5, 5.41) is 46.2. The molecule has 0 amide bonds. The first-order chi connectivity index (χ1) is 10.6. The van der Waals surface area contributed by atoms with E-state index in [9.17, 15) is 15.3 Å². The van der Waals surface area contributed by atoms with Gasteiger partial charge >= 0.3 is 0 Å². The Kier molecular flexibility index (Phi) is 4.14. The summed E-state index contributed by atoms with van der Waals surface area (Å²) in [6.07, 6.45) is -5.02. The quantitative estimate of drug-likeness (QED) is 0.541. The summed E-state index contributed by atoms with van der Waals surface area (Å²) in [6.45, 7) is -0.525. The summed E-state index contributed by atoms with van der Waals surface area (Å²) in [5.41, 5.74) is 0.450. The van der Waals surface area contributed by atoms with E-state index in [2.05, 4.69) is 15.2 Å². The second-order valence-corrected chi connectivity index (χ2v) is 4.91. The van der Waals surface area contributed by atoms with Gasteiger partial charge in [-0.05, 0) is 12.1 Å². The molecule has 0 bridgehead atoms. The Bertz CT molecular complexity index is 619. The summed E-state index contributed by atoms with van der Waals surface area (Å²) < 4.78 is 10.8. The molecule has 0 saturated carbocycles. The molecule has 3 heterocycles. The van der Waals surface area contributed by atoms with E-state index in [0.717, 1.165) is 0 Å². The zero-order valence-corrected chi connectivity index (χ0v) is 11.4. The number of nitrogens with zero attached hydrogens (tertiary/aromatic N) is 3. The number of rotatable bonds is 3. The van der Waals surface area contributed by atoms with Gasteiger partial charge in [0, 0.05) is 6.20 Å². The molecule has 5 atom stereocenters. The van der Waals surface area contributed by atoms with Crippen molar-refractivity contribution >= 4 is 0 Å². The van der Waals surface area contributed by atoms with Crippen LogP contribution in [0.4, 0.5) is 0 Å². The second-order valence-electron chi connectivity index (χ2n) is 4.91. The first kappa shape index (κ1) is 15.0. The third-order valence-corrected chi connectivity index (χ3v) is 3.46. The van der Waals surface area contributed by atoms with E-state index in [4.69, 9.17) is 14.3 Å². The van der Waals surface area contributed by atoms with Crippen LogP contribution in [0.15, 0.2) is 28.8 Å². The SMILES string of the molecule is OC[C@H]1O[C@@H](c2nnc(-c3ccccn3)o2)[C@H](O)[C@@H](O)[C@@H]1O. The monoisotopic (exact) mass is 309 g/mol. The number of hydrogen-bond acceptors (Lipinski definition) is 9. The van der Waals surface area contributed by atoms with Gasteiger partial charge in [0.1, 0.15) is 30.1 Å². The van der Waals surface area contributed by atoms with Gasteiger partial charge in [-0.2, -0.15) is 0 Å². The second kappa shape index (κ2) is 6.07. The fourth-order valence-electron chi connectivity index (χ4n) is 2.25. The lowest BCUT2D eigenvalue weighted by Crippen LogP contribution is -2.55. The number of aliphatic hydroxyl groups excluding tert-OH is 4. The Morgan fingerprint density at radius 1 is 1.05 bits per heavy atom. The molecule has 0 radical (unpaired) electrons. The van der Waals surface area contributed by atoms with Crippen LogP contribution in [-0.2, 0) is 4.74 Å². The predicted octanol–water partition coefficient (Wildman–Crippen LogP) is -1.35. The molecule has 0 unspecified atom stereocenters. The Labute approximate surface area is 124 Å². The maximum absolute atomic E-state index is 9.99. The van der Waals surface area contributed by atoms with Crippen molar-refractivity contribution in [2.24, 2.45) is 0 Å². The zero-order chi connectivity index (χ0) is 15.7. The molecular weight excluding hydrogens is 294 g/mol. The standard InChI is InChI=1S/C13H15N3O6/c17-5-7-8(18)9(19)10(20)11(21-7)13-16-15-12(22-13)6-3-1-2-4-14-6/h1-4,7-11,17-20H,5H2/t7-,8-,9+,10-,11-/m1/s1. The number of aliphatic hydroxyl groups is 4. The molecule has 1 fully saturated rings. The molecule has 4 N–H and O–H groups in total. The molecule has 9 nitrogen and oxygen atoms in total. The van der Waals surface area contributed by atoms with E-state index in [1.165, 1.54) is 0 Å². The van der Waals surface area contributed by atoms with Crippen LogP contribution in [0.25, 0.3) is 11.6 Å². The van der Waals surface area contributed by atoms with E-state index in [0.29, 0.717) is 5.69 Å². The molecule has 9 heteroatoms. The number of hydrogen-bond donors (Lipinski definition) is 4. The minimum absolute atomic E-state index is 0.0717.